The summed E-state index contributed by atoms with van der Waals surface area (Å²) in [7, 11) is 0. The van der Waals surface area contributed by atoms with E-state index in [-0.39, 0.29) is 29.2 Å². The van der Waals surface area contributed by atoms with Crippen LogP contribution in [0, 0.1) is 0 Å². The summed E-state index contributed by atoms with van der Waals surface area (Å²) < 4.78 is 0. The first-order valence-electron chi connectivity index (χ1n) is 6.30. The molecule has 5 nitrogen and oxygen atoms in total. The van der Waals surface area contributed by atoms with Gasteiger partial charge in [0.15, 0.2) is 0 Å². The zero-order chi connectivity index (χ0) is 14.6. The summed E-state index contributed by atoms with van der Waals surface area (Å²) in [5.74, 6) is -0.216. The second kappa shape index (κ2) is 6.43. The van der Waals surface area contributed by atoms with Crippen molar-refractivity contribution in [3.8, 4) is 0 Å². The predicted octanol–water partition coefficient (Wildman–Crippen LogP) is 1.55. The van der Waals surface area contributed by atoms with Crippen molar-refractivity contribution in [1.82, 2.24) is 15.5 Å². The Bertz CT molecular complexity index is 422. The molecule has 2 atom stereocenters. The Morgan fingerprint density at radius 1 is 1.58 bits per heavy atom. The van der Waals surface area contributed by atoms with E-state index in [9.17, 15) is 9.90 Å². The molecule has 1 amide bonds. The SMILES string of the molecule is CS[C@@H](CO)[C@@H](C)NC(=O)c1cc(C(C)(C)C)[nH]n1. The van der Waals surface area contributed by atoms with Crippen LogP contribution in [0.15, 0.2) is 6.07 Å². The Morgan fingerprint density at radius 2 is 2.21 bits per heavy atom. The largest absolute Gasteiger partial charge is 0.395 e. The van der Waals surface area contributed by atoms with E-state index in [1.807, 2.05) is 13.2 Å². The van der Waals surface area contributed by atoms with E-state index in [2.05, 4.69) is 36.3 Å². The van der Waals surface area contributed by atoms with Gasteiger partial charge in [-0.05, 0) is 19.2 Å². The van der Waals surface area contributed by atoms with Crippen molar-refractivity contribution in [2.24, 2.45) is 0 Å². The molecule has 0 aliphatic carbocycles. The molecular formula is C13H23N3O2S. The molecule has 0 aromatic carbocycles. The molecule has 0 saturated heterocycles. The van der Waals surface area contributed by atoms with Crippen LogP contribution in [0.2, 0.25) is 0 Å². The van der Waals surface area contributed by atoms with E-state index in [4.69, 9.17) is 0 Å². The number of aliphatic hydroxyl groups is 1. The van der Waals surface area contributed by atoms with E-state index in [1.54, 1.807) is 6.07 Å². The molecule has 1 aromatic heterocycles. The lowest BCUT2D eigenvalue weighted by atomic mass is 9.92. The van der Waals surface area contributed by atoms with Crippen molar-refractivity contribution in [1.29, 1.82) is 0 Å². The number of rotatable bonds is 5. The topological polar surface area (TPSA) is 78.0 Å². The van der Waals surface area contributed by atoms with Crippen molar-refractivity contribution >= 4 is 17.7 Å². The molecule has 0 aliphatic heterocycles. The number of carbonyl (C=O) groups is 1. The van der Waals surface area contributed by atoms with Gasteiger partial charge in [-0.2, -0.15) is 16.9 Å². The molecular weight excluding hydrogens is 262 g/mol. The van der Waals surface area contributed by atoms with Crippen molar-refractivity contribution in [3.05, 3.63) is 17.5 Å². The first-order valence-corrected chi connectivity index (χ1v) is 7.58. The minimum absolute atomic E-state index is 0.00928. The second-order valence-corrected chi connectivity index (χ2v) is 6.71. The van der Waals surface area contributed by atoms with Gasteiger partial charge in [-0.15, -0.1) is 0 Å². The number of aromatic nitrogens is 2. The molecule has 6 heteroatoms. The van der Waals surface area contributed by atoms with Gasteiger partial charge < -0.3 is 10.4 Å². The number of thioether (sulfide) groups is 1. The van der Waals surface area contributed by atoms with Crippen molar-refractivity contribution in [2.75, 3.05) is 12.9 Å². The maximum absolute atomic E-state index is 12.0. The van der Waals surface area contributed by atoms with Crippen LogP contribution in [0.25, 0.3) is 0 Å². The molecule has 3 N–H and O–H groups in total. The number of carbonyl (C=O) groups excluding carboxylic acids is 1. The number of aliphatic hydroxyl groups excluding tert-OH is 1. The van der Waals surface area contributed by atoms with Gasteiger partial charge in [-0.25, -0.2) is 0 Å². The molecule has 0 aliphatic rings. The Balaban J connectivity index is 2.71. The van der Waals surface area contributed by atoms with Crippen LogP contribution >= 0.6 is 11.8 Å². The molecule has 1 aromatic rings. The van der Waals surface area contributed by atoms with Crippen LogP contribution in [0.4, 0.5) is 0 Å². The number of H-pyrrole nitrogens is 1. The molecule has 108 valence electrons. The zero-order valence-corrected chi connectivity index (χ0v) is 13.0. The molecule has 0 bridgehead atoms. The molecule has 0 radical (unpaired) electrons. The fourth-order valence-corrected chi connectivity index (χ4v) is 2.26. The van der Waals surface area contributed by atoms with Crippen molar-refractivity contribution in [3.63, 3.8) is 0 Å². The predicted molar refractivity (Wildman–Crippen MR) is 78.6 cm³/mol. The van der Waals surface area contributed by atoms with Gasteiger partial charge in [0.25, 0.3) is 5.91 Å². The van der Waals surface area contributed by atoms with Crippen LogP contribution in [0.1, 0.15) is 43.9 Å². The Labute approximate surface area is 118 Å². The van der Waals surface area contributed by atoms with Gasteiger partial charge in [0.1, 0.15) is 5.69 Å². The minimum Gasteiger partial charge on any atom is -0.395 e. The van der Waals surface area contributed by atoms with E-state index < -0.39 is 0 Å². The highest BCUT2D eigenvalue weighted by Gasteiger charge is 2.22. The fraction of sp³-hybridized carbons (Fsp3) is 0.692. The van der Waals surface area contributed by atoms with Crippen LogP contribution in [0.3, 0.4) is 0 Å². The lowest BCUT2D eigenvalue weighted by Gasteiger charge is -2.20. The monoisotopic (exact) mass is 285 g/mol. The Hall–Kier alpha value is -1.01. The summed E-state index contributed by atoms with van der Waals surface area (Å²) in [6.45, 7) is 8.09. The van der Waals surface area contributed by atoms with E-state index in [0.29, 0.717) is 5.69 Å². The number of amides is 1. The minimum atomic E-state index is -0.216. The number of nitrogens with one attached hydrogen (secondary N) is 2. The average Bonchev–Trinajstić information content (AvgIpc) is 2.79. The molecule has 1 heterocycles. The number of nitrogens with zero attached hydrogens (tertiary/aromatic N) is 1. The first kappa shape index (κ1) is 16.0. The van der Waals surface area contributed by atoms with Gasteiger partial charge in [-0.1, -0.05) is 20.8 Å². The van der Waals surface area contributed by atoms with Gasteiger partial charge in [0, 0.05) is 22.4 Å². The van der Waals surface area contributed by atoms with Crippen LogP contribution in [0.5, 0.6) is 0 Å². The lowest BCUT2D eigenvalue weighted by molar-refractivity contribution is 0.0931. The highest BCUT2D eigenvalue weighted by molar-refractivity contribution is 7.99. The molecule has 0 fully saturated rings. The third-order valence-electron chi connectivity index (χ3n) is 3.02. The third-order valence-corrected chi connectivity index (χ3v) is 4.18. The van der Waals surface area contributed by atoms with Gasteiger partial charge in [-0.3, -0.25) is 9.89 Å². The highest BCUT2D eigenvalue weighted by Crippen LogP contribution is 2.20. The van der Waals surface area contributed by atoms with Gasteiger partial charge in [0.2, 0.25) is 0 Å². The average molecular weight is 285 g/mol. The maximum atomic E-state index is 12.0. The summed E-state index contributed by atoms with van der Waals surface area (Å²) in [6, 6.07) is 1.66. The summed E-state index contributed by atoms with van der Waals surface area (Å²) >= 11 is 1.53. The van der Waals surface area contributed by atoms with E-state index in [1.165, 1.54) is 11.8 Å². The Kier molecular flexibility index (Phi) is 5.43. The van der Waals surface area contributed by atoms with Crippen molar-refractivity contribution < 1.29 is 9.90 Å². The van der Waals surface area contributed by atoms with Crippen LogP contribution in [-0.4, -0.2) is 45.4 Å². The molecule has 19 heavy (non-hydrogen) atoms. The molecule has 0 spiro atoms. The number of hydrogen-bond acceptors (Lipinski definition) is 4. The normalized spacial score (nSPS) is 15.1. The Morgan fingerprint density at radius 3 is 2.63 bits per heavy atom. The molecule has 0 saturated carbocycles. The zero-order valence-electron chi connectivity index (χ0n) is 12.2. The number of aromatic amines is 1. The van der Waals surface area contributed by atoms with E-state index >= 15 is 0 Å². The maximum Gasteiger partial charge on any atom is 0.272 e. The number of hydrogen-bond donors (Lipinski definition) is 3. The van der Waals surface area contributed by atoms with Crippen molar-refractivity contribution in [2.45, 2.75) is 44.4 Å². The van der Waals surface area contributed by atoms with Gasteiger partial charge >= 0.3 is 0 Å². The summed E-state index contributed by atoms with van der Waals surface area (Å²) in [4.78, 5) is 12.0. The van der Waals surface area contributed by atoms with Crippen LogP contribution in [-0.2, 0) is 5.41 Å². The van der Waals surface area contributed by atoms with Gasteiger partial charge in [0.05, 0.1) is 6.61 Å². The molecule has 0 unspecified atom stereocenters. The summed E-state index contributed by atoms with van der Waals surface area (Å²) in [5, 5.41) is 19.0. The lowest BCUT2D eigenvalue weighted by Crippen LogP contribution is -2.41. The highest BCUT2D eigenvalue weighted by atomic mass is 32.2. The third kappa shape index (κ3) is 4.24. The summed E-state index contributed by atoms with van der Waals surface area (Å²) in [6.07, 6.45) is 1.91. The summed E-state index contributed by atoms with van der Waals surface area (Å²) in [5.41, 5.74) is 1.24. The van der Waals surface area contributed by atoms with Crippen LogP contribution < -0.4 is 5.32 Å². The first-order chi connectivity index (χ1) is 8.79. The standard InChI is InChI=1S/C13H23N3O2S/c1-8(10(7-17)19-5)14-12(18)9-6-11(16-15-9)13(2,3)4/h6,8,10,17H,7H2,1-5H3,(H,14,18)(H,15,16)/t8-,10+/m1/s1. The molecule has 1 rings (SSSR count). The fourth-order valence-electron chi connectivity index (χ4n) is 1.63. The quantitative estimate of drug-likeness (QED) is 0.767. The van der Waals surface area contributed by atoms with E-state index in [0.717, 1.165) is 5.69 Å². The second-order valence-electron chi connectivity index (χ2n) is 5.64. The smallest absolute Gasteiger partial charge is 0.272 e.